The van der Waals surface area contributed by atoms with E-state index in [2.05, 4.69) is 5.32 Å². The summed E-state index contributed by atoms with van der Waals surface area (Å²) < 4.78 is 5.03. The molecule has 0 saturated heterocycles. The third-order valence-electron chi connectivity index (χ3n) is 3.22. The molecule has 0 aliphatic carbocycles. The number of amides is 2. The van der Waals surface area contributed by atoms with Crippen LogP contribution in [0.15, 0.2) is 22.8 Å². The average molecular weight is 296 g/mol. The molecule has 0 radical (unpaired) electrons. The van der Waals surface area contributed by atoms with Gasteiger partial charge in [0.1, 0.15) is 6.04 Å². The molecule has 2 atom stereocenters. The van der Waals surface area contributed by atoms with E-state index in [1.807, 2.05) is 13.8 Å². The van der Waals surface area contributed by atoms with E-state index in [9.17, 15) is 14.7 Å². The number of aliphatic hydroxyl groups is 1. The minimum atomic E-state index is -0.624. The summed E-state index contributed by atoms with van der Waals surface area (Å²) in [5, 5.41) is 12.0. The minimum Gasteiger partial charge on any atom is -0.459 e. The summed E-state index contributed by atoms with van der Waals surface area (Å²) in [6, 6.07) is 2.55. The summed E-state index contributed by atoms with van der Waals surface area (Å²) in [5.41, 5.74) is 0. The average Bonchev–Trinajstić information content (AvgIpc) is 2.94. The second-order valence-corrected chi connectivity index (χ2v) is 5.57. The molecule has 1 heterocycles. The topological polar surface area (TPSA) is 82.8 Å². The van der Waals surface area contributed by atoms with E-state index in [1.54, 1.807) is 26.1 Å². The maximum absolute atomic E-state index is 12.4. The number of hydrogen-bond donors (Lipinski definition) is 2. The second-order valence-electron chi connectivity index (χ2n) is 5.57. The van der Waals surface area contributed by atoms with Gasteiger partial charge in [-0.15, -0.1) is 0 Å². The normalized spacial score (nSPS) is 13.8. The summed E-state index contributed by atoms with van der Waals surface area (Å²) in [4.78, 5) is 25.9. The standard InChI is InChI=1S/C15H24N2O4/c1-10(2)13(15(20)17(4)8-7-11(3)18)16-14(19)12-6-5-9-21-12/h5-6,9-11,13,18H,7-8H2,1-4H3,(H,16,19). The van der Waals surface area contributed by atoms with Crippen molar-refractivity contribution in [3.05, 3.63) is 24.2 Å². The Morgan fingerprint density at radius 1 is 1.38 bits per heavy atom. The van der Waals surface area contributed by atoms with Crippen LogP contribution in [0.5, 0.6) is 0 Å². The molecule has 2 N–H and O–H groups in total. The summed E-state index contributed by atoms with van der Waals surface area (Å²) in [6.45, 7) is 5.86. The van der Waals surface area contributed by atoms with E-state index in [1.165, 1.54) is 11.2 Å². The molecule has 6 heteroatoms. The van der Waals surface area contributed by atoms with Crippen LogP contribution < -0.4 is 5.32 Å². The molecule has 0 spiro atoms. The van der Waals surface area contributed by atoms with Crippen LogP contribution in [-0.4, -0.2) is 47.6 Å². The predicted molar refractivity (Wildman–Crippen MR) is 78.7 cm³/mol. The molecule has 0 bridgehead atoms. The molecule has 2 amide bonds. The van der Waals surface area contributed by atoms with Gasteiger partial charge >= 0.3 is 0 Å². The number of rotatable bonds is 7. The van der Waals surface area contributed by atoms with Crippen LogP contribution in [-0.2, 0) is 4.79 Å². The first-order chi connectivity index (χ1) is 9.82. The van der Waals surface area contributed by atoms with Gasteiger partial charge in [-0.2, -0.15) is 0 Å². The first-order valence-corrected chi connectivity index (χ1v) is 7.10. The van der Waals surface area contributed by atoms with E-state index < -0.39 is 18.1 Å². The molecule has 0 aliphatic rings. The molecular weight excluding hydrogens is 272 g/mol. The summed E-state index contributed by atoms with van der Waals surface area (Å²) in [6.07, 6.45) is 1.45. The number of likely N-dealkylation sites (N-methyl/N-ethyl adjacent to an activating group) is 1. The Bertz CT molecular complexity index is 454. The fraction of sp³-hybridized carbons (Fsp3) is 0.600. The van der Waals surface area contributed by atoms with Gasteiger partial charge in [0, 0.05) is 13.6 Å². The maximum Gasteiger partial charge on any atom is 0.287 e. The number of carbonyl (C=O) groups excluding carboxylic acids is 2. The summed E-state index contributed by atoms with van der Waals surface area (Å²) in [7, 11) is 1.67. The Hall–Kier alpha value is -1.82. The highest BCUT2D eigenvalue weighted by molar-refractivity contribution is 5.95. The van der Waals surface area contributed by atoms with E-state index in [0.29, 0.717) is 13.0 Å². The zero-order valence-electron chi connectivity index (χ0n) is 13.0. The zero-order chi connectivity index (χ0) is 16.0. The van der Waals surface area contributed by atoms with Gasteiger partial charge in [-0.25, -0.2) is 0 Å². The van der Waals surface area contributed by atoms with Crippen molar-refractivity contribution in [2.24, 2.45) is 5.92 Å². The first kappa shape index (κ1) is 17.2. The zero-order valence-corrected chi connectivity index (χ0v) is 13.0. The van der Waals surface area contributed by atoms with Crippen LogP contribution in [0, 0.1) is 5.92 Å². The van der Waals surface area contributed by atoms with Gasteiger partial charge in [-0.1, -0.05) is 13.8 Å². The summed E-state index contributed by atoms with van der Waals surface area (Å²) in [5.74, 6) is -0.452. The van der Waals surface area contributed by atoms with Crippen LogP contribution in [0.3, 0.4) is 0 Å². The predicted octanol–water partition coefficient (Wildman–Crippen LogP) is 1.26. The third kappa shape index (κ3) is 5.23. The van der Waals surface area contributed by atoms with Crippen molar-refractivity contribution in [2.45, 2.75) is 39.3 Å². The number of aliphatic hydroxyl groups excluding tert-OH is 1. The molecule has 0 saturated carbocycles. The maximum atomic E-state index is 12.4. The highest BCUT2D eigenvalue weighted by Crippen LogP contribution is 2.09. The second kappa shape index (κ2) is 7.83. The lowest BCUT2D eigenvalue weighted by Gasteiger charge is -2.27. The lowest BCUT2D eigenvalue weighted by molar-refractivity contribution is -0.133. The first-order valence-electron chi connectivity index (χ1n) is 7.10. The Morgan fingerprint density at radius 2 is 2.05 bits per heavy atom. The smallest absolute Gasteiger partial charge is 0.287 e. The number of nitrogens with one attached hydrogen (secondary N) is 1. The highest BCUT2D eigenvalue weighted by atomic mass is 16.3. The molecule has 0 aromatic carbocycles. The van der Waals surface area contributed by atoms with Gasteiger partial charge in [-0.3, -0.25) is 9.59 Å². The number of carbonyl (C=O) groups is 2. The van der Waals surface area contributed by atoms with Crippen molar-refractivity contribution in [3.63, 3.8) is 0 Å². The molecule has 6 nitrogen and oxygen atoms in total. The molecule has 1 rings (SSSR count). The molecule has 118 valence electrons. The minimum absolute atomic E-state index is 0.0505. The Balaban J connectivity index is 2.68. The molecule has 2 unspecified atom stereocenters. The van der Waals surface area contributed by atoms with E-state index in [4.69, 9.17) is 4.42 Å². The van der Waals surface area contributed by atoms with Crippen molar-refractivity contribution in [2.75, 3.05) is 13.6 Å². The fourth-order valence-corrected chi connectivity index (χ4v) is 1.86. The molecule has 0 fully saturated rings. The molecule has 1 aromatic heterocycles. The fourth-order valence-electron chi connectivity index (χ4n) is 1.86. The molecular formula is C15H24N2O4. The van der Waals surface area contributed by atoms with Crippen molar-refractivity contribution < 1.29 is 19.1 Å². The quantitative estimate of drug-likeness (QED) is 0.793. The van der Waals surface area contributed by atoms with Crippen molar-refractivity contribution in [1.82, 2.24) is 10.2 Å². The van der Waals surface area contributed by atoms with Crippen LogP contribution in [0.2, 0.25) is 0 Å². The van der Waals surface area contributed by atoms with Gasteiger partial charge in [-0.05, 0) is 31.4 Å². The lowest BCUT2D eigenvalue weighted by atomic mass is 10.0. The van der Waals surface area contributed by atoms with Crippen molar-refractivity contribution in [1.29, 1.82) is 0 Å². The Labute approximate surface area is 125 Å². The largest absolute Gasteiger partial charge is 0.459 e. The molecule has 21 heavy (non-hydrogen) atoms. The van der Waals surface area contributed by atoms with Gasteiger partial charge in [0.2, 0.25) is 5.91 Å². The SMILES string of the molecule is CC(O)CCN(C)C(=O)C(NC(=O)c1ccco1)C(C)C. The Morgan fingerprint density at radius 3 is 2.52 bits per heavy atom. The third-order valence-corrected chi connectivity index (χ3v) is 3.22. The van der Waals surface area contributed by atoms with Gasteiger partial charge in [0.15, 0.2) is 5.76 Å². The number of nitrogens with zero attached hydrogens (tertiary/aromatic N) is 1. The lowest BCUT2D eigenvalue weighted by Crippen LogP contribution is -2.50. The van der Waals surface area contributed by atoms with Crippen LogP contribution >= 0.6 is 0 Å². The van der Waals surface area contributed by atoms with Crippen LogP contribution in [0.25, 0.3) is 0 Å². The van der Waals surface area contributed by atoms with E-state index in [0.717, 1.165) is 0 Å². The number of furan rings is 1. The van der Waals surface area contributed by atoms with Gasteiger partial charge in [0.25, 0.3) is 5.91 Å². The molecule has 1 aromatic rings. The van der Waals surface area contributed by atoms with Gasteiger partial charge in [0.05, 0.1) is 12.4 Å². The number of hydrogen-bond acceptors (Lipinski definition) is 4. The summed E-state index contributed by atoms with van der Waals surface area (Å²) >= 11 is 0. The van der Waals surface area contributed by atoms with Crippen LogP contribution in [0.1, 0.15) is 37.7 Å². The monoisotopic (exact) mass is 296 g/mol. The van der Waals surface area contributed by atoms with E-state index in [-0.39, 0.29) is 17.6 Å². The highest BCUT2D eigenvalue weighted by Gasteiger charge is 2.28. The van der Waals surface area contributed by atoms with Crippen LogP contribution in [0.4, 0.5) is 0 Å². The van der Waals surface area contributed by atoms with Crippen molar-refractivity contribution >= 4 is 11.8 Å². The van der Waals surface area contributed by atoms with Gasteiger partial charge < -0.3 is 19.7 Å². The van der Waals surface area contributed by atoms with Crippen molar-refractivity contribution in [3.8, 4) is 0 Å². The van der Waals surface area contributed by atoms with E-state index >= 15 is 0 Å². The Kier molecular flexibility index (Phi) is 6.42. The molecule has 0 aliphatic heterocycles.